The third-order valence-electron chi connectivity index (χ3n) is 6.29. The van der Waals surface area contributed by atoms with E-state index in [1.807, 2.05) is 36.4 Å². The van der Waals surface area contributed by atoms with Gasteiger partial charge in [0.1, 0.15) is 23.7 Å². The van der Waals surface area contributed by atoms with E-state index in [0.29, 0.717) is 27.3 Å². The molecule has 5 rings (SSSR count). The van der Waals surface area contributed by atoms with Gasteiger partial charge in [0.2, 0.25) is 11.8 Å². The number of nitrogens with one attached hydrogen (secondary N) is 2. The van der Waals surface area contributed by atoms with Crippen molar-refractivity contribution >= 4 is 57.8 Å². The number of aliphatic imine (C=N–C) groups is 1. The Labute approximate surface area is 251 Å². The molecule has 1 unspecified atom stereocenters. The van der Waals surface area contributed by atoms with Crippen LogP contribution in [0.1, 0.15) is 29.1 Å². The Balaban J connectivity index is 1.22. The highest BCUT2D eigenvalue weighted by Crippen LogP contribution is 2.41. The Morgan fingerprint density at radius 1 is 1.05 bits per heavy atom. The second-order valence-electron chi connectivity index (χ2n) is 9.41. The number of hydrogen-bond acceptors (Lipinski definition) is 7. The quantitative estimate of drug-likeness (QED) is 0.221. The first-order valence-electron chi connectivity index (χ1n) is 13.1. The molecule has 1 aliphatic heterocycles. The zero-order valence-corrected chi connectivity index (χ0v) is 24.1. The van der Waals surface area contributed by atoms with Gasteiger partial charge in [0.15, 0.2) is 5.17 Å². The third kappa shape index (κ3) is 7.39. The van der Waals surface area contributed by atoms with E-state index in [-0.39, 0.29) is 19.1 Å². The first kappa shape index (κ1) is 29.0. The lowest BCUT2D eigenvalue weighted by Gasteiger charge is -2.16. The molecule has 0 aliphatic carbocycles. The molecule has 0 bridgehead atoms. The SMILES string of the molecule is C[C@H](NC(=O)OCc1ccccc1)C(=O)Nc1ccc(C2SC(=Nc3cccc(Cl)c3)N(Cc3ccco3)C2=O)cc1. The Hall–Kier alpha value is -4.54. The van der Waals surface area contributed by atoms with Crippen LogP contribution < -0.4 is 10.6 Å². The number of hydrogen-bond donors (Lipinski definition) is 2. The number of carbonyl (C=O) groups is 3. The zero-order valence-electron chi connectivity index (χ0n) is 22.5. The van der Waals surface area contributed by atoms with E-state index >= 15 is 0 Å². The molecule has 0 saturated carbocycles. The summed E-state index contributed by atoms with van der Waals surface area (Å²) in [5.74, 6) is 0.0835. The van der Waals surface area contributed by atoms with Crippen LogP contribution >= 0.6 is 23.4 Å². The Morgan fingerprint density at radius 2 is 1.83 bits per heavy atom. The molecule has 42 heavy (non-hydrogen) atoms. The summed E-state index contributed by atoms with van der Waals surface area (Å²) in [5, 5.41) is 5.84. The lowest BCUT2D eigenvalue weighted by atomic mass is 10.1. The number of carbonyl (C=O) groups excluding carboxylic acids is 3. The average molecular weight is 603 g/mol. The van der Waals surface area contributed by atoms with Crippen molar-refractivity contribution < 1.29 is 23.5 Å². The molecule has 1 aromatic heterocycles. The monoisotopic (exact) mass is 602 g/mol. The van der Waals surface area contributed by atoms with Crippen LogP contribution in [-0.2, 0) is 27.5 Å². The number of amidine groups is 1. The van der Waals surface area contributed by atoms with E-state index in [1.54, 1.807) is 72.7 Å². The molecular weight excluding hydrogens is 576 g/mol. The predicted octanol–water partition coefficient (Wildman–Crippen LogP) is 6.69. The van der Waals surface area contributed by atoms with Crippen LogP contribution in [0.5, 0.6) is 0 Å². The van der Waals surface area contributed by atoms with E-state index in [1.165, 1.54) is 11.8 Å². The van der Waals surface area contributed by atoms with Gasteiger partial charge in [-0.3, -0.25) is 14.5 Å². The lowest BCUT2D eigenvalue weighted by molar-refractivity contribution is -0.126. The second kappa shape index (κ2) is 13.4. The molecular formula is C31H27ClN4O5S. The molecule has 2 N–H and O–H groups in total. The smallest absolute Gasteiger partial charge is 0.408 e. The van der Waals surface area contributed by atoms with Crippen molar-refractivity contribution in [1.82, 2.24) is 10.2 Å². The summed E-state index contributed by atoms with van der Waals surface area (Å²) in [6, 6.07) is 26.1. The summed E-state index contributed by atoms with van der Waals surface area (Å²) in [7, 11) is 0. The van der Waals surface area contributed by atoms with Gasteiger partial charge in [-0.15, -0.1) is 0 Å². The number of anilines is 1. The van der Waals surface area contributed by atoms with E-state index < -0.39 is 23.3 Å². The number of halogens is 1. The van der Waals surface area contributed by atoms with Crippen LogP contribution in [0.15, 0.2) is 107 Å². The van der Waals surface area contributed by atoms with Crippen molar-refractivity contribution in [2.24, 2.45) is 4.99 Å². The summed E-state index contributed by atoms with van der Waals surface area (Å²) < 4.78 is 10.7. The largest absolute Gasteiger partial charge is 0.467 e. The molecule has 4 aromatic rings. The Bertz CT molecular complexity index is 1580. The summed E-state index contributed by atoms with van der Waals surface area (Å²) in [6.07, 6.45) is 0.869. The van der Waals surface area contributed by atoms with Crippen molar-refractivity contribution in [2.45, 2.75) is 31.4 Å². The van der Waals surface area contributed by atoms with E-state index in [0.717, 1.165) is 11.1 Å². The van der Waals surface area contributed by atoms with Gasteiger partial charge in [-0.05, 0) is 60.5 Å². The standard InChI is InChI=1S/C31H27ClN4O5S/c1-20(33-31(39)41-19-21-7-3-2-4-8-21)28(37)34-24-14-12-22(13-15-24)27-29(38)36(18-26-11-6-16-40-26)30(42-27)35-25-10-5-9-23(32)17-25/h2-17,20,27H,18-19H2,1H3,(H,33,39)(H,34,37)/t20-,27?/m0/s1. The number of furan rings is 1. The number of nitrogens with zero attached hydrogens (tertiary/aromatic N) is 2. The second-order valence-corrected chi connectivity index (χ2v) is 10.9. The molecule has 11 heteroatoms. The van der Waals surface area contributed by atoms with Crippen molar-refractivity contribution in [3.05, 3.63) is 119 Å². The van der Waals surface area contributed by atoms with Gasteiger partial charge in [-0.2, -0.15) is 0 Å². The number of alkyl carbamates (subject to hydrolysis) is 1. The van der Waals surface area contributed by atoms with Crippen LogP contribution in [-0.4, -0.2) is 34.0 Å². The van der Waals surface area contributed by atoms with Crippen LogP contribution in [0.25, 0.3) is 0 Å². The lowest BCUT2D eigenvalue weighted by Crippen LogP contribution is -2.41. The fourth-order valence-electron chi connectivity index (χ4n) is 4.11. The van der Waals surface area contributed by atoms with E-state index in [4.69, 9.17) is 25.7 Å². The predicted molar refractivity (Wildman–Crippen MR) is 162 cm³/mol. The summed E-state index contributed by atoms with van der Waals surface area (Å²) in [5.41, 5.74) is 2.74. The minimum absolute atomic E-state index is 0.102. The number of thioether (sulfide) groups is 1. The highest BCUT2D eigenvalue weighted by Gasteiger charge is 2.39. The molecule has 0 spiro atoms. The minimum Gasteiger partial charge on any atom is -0.467 e. The fraction of sp³-hybridized carbons (Fsp3) is 0.161. The van der Waals surface area contributed by atoms with E-state index in [9.17, 15) is 14.4 Å². The van der Waals surface area contributed by atoms with Gasteiger partial charge in [-0.1, -0.05) is 71.9 Å². The van der Waals surface area contributed by atoms with Gasteiger partial charge in [0.25, 0.3) is 0 Å². The van der Waals surface area contributed by atoms with Crippen LogP contribution in [0.2, 0.25) is 5.02 Å². The minimum atomic E-state index is -0.833. The van der Waals surface area contributed by atoms with Crippen LogP contribution in [0.3, 0.4) is 0 Å². The maximum atomic E-state index is 13.5. The summed E-state index contributed by atoms with van der Waals surface area (Å²) in [4.78, 5) is 44.6. The van der Waals surface area contributed by atoms with Gasteiger partial charge < -0.3 is 19.8 Å². The topological polar surface area (TPSA) is 113 Å². The molecule has 2 heterocycles. The number of amides is 3. The first-order valence-corrected chi connectivity index (χ1v) is 14.3. The fourth-order valence-corrected chi connectivity index (χ4v) is 5.47. The van der Waals surface area contributed by atoms with Crippen molar-refractivity contribution in [3.63, 3.8) is 0 Å². The molecule has 9 nitrogen and oxygen atoms in total. The summed E-state index contributed by atoms with van der Waals surface area (Å²) >= 11 is 7.47. The van der Waals surface area contributed by atoms with Crippen molar-refractivity contribution in [2.75, 3.05) is 5.32 Å². The van der Waals surface area contributed by atoms with Crippen LogP contribution in [0, 0.1) is 0 Å². The highest BCUT2D eigenvalue weighted by atomic mass is 35.5. The number of ether oxygens (including phenoxy) is 1. The molecule has 214 valence electrons. The third-order valence-corrected chi connectivity index (χ3v) is 7.76. The van der Waals surface area contributed by atoms with E-state index in [2.05, 4.69) is 10.6 Å². The number of benzene rings is 3. The highest BCUT2D eigenvalue weighted by molar-refractivity contribution is 8.15. The molecule has 3 amide bonds. The van der Waals surface area contributed by atoms with Gasteiger partial charge in [0, 0.05) is 10.7 Å². The Kier molecular flexibility index (Phi) is 9.25. The molecule has 0 radical (unpaired) electrons. The van der Waals surface area contributed by atoms with Gasteiger partial charge in [-0.25, -0.2) is 9.79 Å². The van der Waals surface area contributed by atoms with Gasteiger partial charge >= 0.3 is 6.09 Å². The maximum Gasteiger partial charge on any atom is 0.408 e. The van der Waals surface area contributed by atoms with Crippen molar-refractivity contribution in [1.29, 1.82) is 0 Å². The Morgan fingerprint density at radius 3 is 2.55 bits per heavy atom. The molecule has 1 fully saturated rings. The molecule has 2 atom stereocenters. The zero-order chi connectivity index (χ0) is 29.5. The first-order chi connectivity index (χ1) is 20.4. The van der Waals surface area contributed by atoms with Gasteiger partial charge in [0.05, 0.1) is 18.5 Å². The molecule has 1 aliphatic rings. The molecule has 3 aromatic carbocycles. The average Bonchev–Trinajstić information content (AvgIpc) is 3.61. The maximum absolute atomic E-state index is 13.5. The number of rotatable bonds is 9. The van der Waals surface area contributed by atoms with Crippen LogP contribution in [0.4, 0.5) is 16.2 Å². The molecule has 1 saturated heterocycles. The normalized spacial score (nSPS) is 16.3. The van der Waals surface area contributed by atoms with Crippen molar-refractivity contribution in [3.8, 4) is 0 Å². The summed E-state index contributed by atoms with van der Waals surface area (Å²) in [6.45, 7) is 1.90.